The fourth-order valence-corrected chi connectivity index (χ4v) is 2.23. The number of benzene rings is 2. The van der Waals surface area contributed by atoms with Crippen molar-refractivity contribution in [3.63, 3.8) is 0 Å². The van der Waals surface area contributed by atoms with E-state index in [4.69, 9.17) is 5.26 Å². The van der Waals surface area contributed by atoms with E-state index in [1.54, 1.807) is 0 Å². The Balaban J connectivity index is 0.000000956. The van der Waals surface area contributed by atoms with Gasteiger partial charge in [-0.1, -0.05) is 38.1 Å². The molecular weight excluding hydrogens is 242 g/mol. The molecule has 0 unspecified atom stereocenters. The zero-order valence-electron chi connectivity index (χ0n) is 13.3. The van der Waals surface area contributed by atoms with E-state index < -0.39 is 0 Å². The molecule has 0 aliphatic heterocycles. The van der Waals surface area contributed by atoms with E-state index in [1.165, 1.54) is 27.8 Å². The minimum atomic E-state index is 0.750. The highest BCUT2D eigenvalue weighted by atomic mass is 14.2. The molecule has 0 bridgehead atoms. The third kappa shape index (κ3) is 3.08. The molecule has 0 aliphatic carbocycles. The van der Waals surface area contributed by atoms with Crippen molar-refractivity contribution in [2.75, 3.05) is 0 Å². The van der Waals surface area contributed by atoms with Crippen LogP contribution in [0, 0.1) is 39.0 Å². The predicted molar refractivity (Wildman–Crippen MR) is 86.9 cm³/mol. The van der Waals surface area contributed by atoms with Gasteiger partial charge in [0.2, 0.25) is 0 Å². The summed E-state index contributed by atoms with van der Waals surface area (Å²) in [4.78, 5) is 0. The summed E-state index contributed by atoms with van der Waals surface area (Å²) in [6, 6.07) is 12.6. The van der Waals surface area contributed by atoms with Crippen LogP contribution in [0.5, 0.6) is 0 Å². The van der Waals surface area contributed by atoms with Crippen LogP contribution in [0.1, 0.15) is 41.7 Å². The predicted octanol–water partition coefficient (Wildman–Crippen LogP) is 5.49. The van der Waals surface area contributed by atoms with Gasteiger partial charge < -0.3 is 0 Å². The van der Waals surface area contributed by atoms with Gasteiger partial charge in [-0.2, -0.15) is 5.26 Å². The molecule has 1 heteroatoms. The standard InChI is InChI=1S/C17H17N.C2H6/c1-11-5-8-17(14(4)13(11)3)15-6-7-16(10-18)12(2)9-15;1-2/h5-9H,1-4H3;1-2H3. The number of rotatable bonds is 1. The molecule has 0 aromatic heterocycles. The number of nitriles is 1. The lowest BCUT2D eigenvalue weighted by molar-refractivity contribution is 1.26. The lowest BCUT2D eigenvalue weighted by Crippen LogP contribution is -1.92. The van der Waals surface area contributed by atoms with Crippen LogP contribution in [-0.2, 0) is 0 Å². The van der Waals surface area contributed by atoms with Gasteiger partial charge in [0.25, 0.3) is 0 Å². The molecule has 0 heterocycles. The Morgan fingerprint density at radius 3 is 2.00 bits per heavy atom. The second-order valence-electron chi connectivity index (χ2n) is 4.82. The highest BCUT2D eigenvalue weighted by molar-refractivity contribution is 5.70. The Morgan fingerprint density at radius 1 is 0.800 bits per heavy atom. The summed E-state index contributed by atoms with van der Waals surface area (Å²) < 4.78 is 0. The molecule has 1 nitrogen and oxygen atoms in total. The molecule has 0 saturated heterocycles. The maximum absolute atomic E-state index is 8.96. The fourth-order valence-electron chi connectivity index (χ4n) is 2.23. The summed E-state index contributed by atoms with van der Waals surface area (Å²) in [6.45, 7) is 12.4. The molecule has 0 fully saturated rings. The Bertz CT molecular complexity index is 646. The Morgan fingerprint density at radius 2 is 1.45 bits per heavy atom. The molecular formula is C19H23N. The second-order valence-corrected chi connectivity index (χ2v) is 4.82. The zero-order chi connectivity index (χ0) is 15.3. The average Bonchev–Trinajstić information content (AvgIpc) is 2.47. The molecule has 0 spiro atoms. The van der Waals surface area contributed by atoms with E-state index in [-0.39, 0.29) is 0 Å². The van der Waals surface area contributed by atoms with Crippen molar-refractivity contribution in [2.24, 2.45) is 0 Å². The van der Waals surface area contributed by atoms with E-state index in [0.717, 1.165) is 11.1 Å². The van der Waals surface area contributed by atoms with Gasteiger partial charge in [0.1, 0.15) is 0 Å². The maximum atomic E-state index is 8.96. The Labute approximate surface area is 122 Å². The van der Waals surface area contributed by atoms with E-state index in [1.807, 2.05) is 32.9 Å². The van der Waals surface area contributed by atoms with Gasteiger partial charge in [0, 0.05) is 0 Å². The van der Waals surface area contributed by atoms with Crippen LogP contribution in [0.3, 0.4) is 0 Å². The van der Waals surface area contributed by atoms with Gasteiger partial charge in [-0.15, -0.1) is 0 Å². The summed E-state index contributed by atoms with van der Waals surface area (Å²) >= 11 is 0. The first kappa shape index (κ1) is 16.0. The minimum absolute atomic E-state index is 0.750. The number of nitrogens with zero attached hydrogens (tertiary/aromatic N) is 1. The van der Waals surface area contributed by atoms with Gasteiger partial charge >= 0.3 is 0 Å². The van der Waals surface area contributed by atoms with Crippen molar-refractivity contribution >= 4 is 0 Å². The van der Waals surface area contributed by atoms with E-state index >= 15 is 0 Å². The molecule has 104 valence electrons. The van der Waals surface area contributed by atoms with E-state index in [2.05, 4.69) is 45.0 Å². The highest BCUT2D eigenvalue weighted by Gasteiger charge is 2.07. The minimum Gasteiger partial charge on any atom is -0.192 e. The maximum Gasteiger partial charge on any atom is 0.0994 e. The van der Waals surface area contributed by atoms with Crippen LogP contribution in [0.15, 0.2) is 30.3 Å². The highest BCUT2D eigenvalue weighted by Crippen LogP contribution is 2.28. The first-order chi connectivity index (χ1) is 9.54. The van der Waals surface area contributed by atoms with Crippen LogP contribution < -0.4 is 0 Å². The molecule has 0 saturated carbocycles. The lowest BCUT2D eigenvalue weighted by Gasteiger charge is -2.12. The van der Waals surface area contributed by atoms with Crippen molar-refractivity contribution in [3.8, 4) is 17.2 Å². The summed E-state index contributed by atoms with van der Waals surface area (Å²) in [5.41, 5.74) is 8.21. The average molecular weight is 265 g/mol. The summed E-state index contributed by atoms with van der Waals surface area (Å²) in [5, 5.41) is 8.96. The van der Waals surface area contributed by atoms with E-state index in [0.29, 0.717) is 0 Å². The van der Waals surface area contributed by atoms with Crippen molar-refractivity contribution in [1.29, 1.82) is 5.26 Å². The third-order valence-corrected chi connectivity index (χ3v) is 3.72. The van der Waals surface area contributed by atoms with Crippen LogP contribution in [0.25, 0.3) is 11.1 Å². The van der Waals surface area contributed by atoms with Crippen molar-refractivity contribution < 1.29 is 0 Å². The number of hydrogen-bond acceptors (Lipinski definition) is 1. The molecule has 0 atom stereocenters. The Kier molecular flexibility index (Phi) is 5.53. The monoisotopic (exact) mass is 265 g/mol. The van der Waals surface area contributed by atoms with Crippen LogP contribution in [0.4, 0.5) is 0 Å². The fraction of sp³-hybridized carbons (Fsp3) is 0.316. The molecule has 2 rings (SSSR count). The topological polar surface area (TPSA) is 23.8 Å². The largest absolute Gasteiger partial charge is 0.192 e. The van der Waals surface area contributed by atoms with Gasteiger partial charge in [0.15, 0.2) is 0 Å². The second kappa shape index (κ2) is 6.91. The van der Waals surface area contributed by atoms with Crippen LogP contribution in [-0.4, -0.2) is 0 Å². The number of hydrogen-bond donors (Lipinski definition) is 0. The molecule has 20 heavy (non-hydrogen) atoms. The van der Waals surface area contributed by atoms with Crippen LogP contribution in [0.2, 0.25) is 0 Å². The van der Waals surface area contributed by atoms with Crippen LogP contribution >= 0.6 is 0 Å². The molecule has 0 N–H and O–H groups in total. The summed E-state index contributed by atoms with van der Waals surface area (Å²) in [6.07, 6.45) is 0. The Hall–Kier alpha value is -2.07. The first-order valence-electron chi connectivity index (χ1n) is 7.12. The van der Waals surface area contributed by atoms with E-state index in [9.17, 15) is 0 Å². The molecule has 2 aromatic rings. The lowest BCUT2D eigenvalue weighted by atomic mass is 9.92. The summed E-state index contributed by atoms with van der Waals surface area (Å²) in [7, 11) is 0. The molecule has 2 aromatic carbocycles. The zero-order valence-corrected chi connectivity index (χ0v) is 13.3. The molecule has 0 aliphatic rings. The first-order valence-corrected chi connectivity index (χ1v) is 7.12. The van der Waals surface area contributed by atoms with Gasteiger partial charge in [-0.25, -0.2) is 0 Å². The molecule has 0 radical (unpaired) electrons. The smallest absolute Gasteiger partial charge is 0.0994 e. The van der Waals surface area contributed by atoms with Gasteiger partial charge in [-0.3, -0.25) is 0 Å². The van der Waals surface area contributed by atoms with Gasteiger partial charge in [-0.05, 0) is 67.1 Å². The quantitative estimate of drug-likeness (QED) is 0.669. The third-order valence-electron chi connectivity index (χ3n) is 3.72. The van der Waals surface area contributed by atoms with Gasteiger partial charge in [0.05, 0.1) is 11.6 Å². The summed E-state index contributed by atoms with van der Waals surface area (Å²) in [5.74, 6) is 0. The molecule has 0 amide bonds. The normalized spacial score (nSPS) is 9.45. The van der Waals surface area contributed by atoms with Crippen molar-refractivity contribution in [1.82, 2.24) is 0 Å². The SMILES string of the molecule is CC.Cc1cc(-c2ccc(C)c(C)c2C)ccc1C#N. The van der Waals surface area contributed by atoms with Crippen molar-refractivity contribution in [2.45, 2.75) is 41.5 Å². The van der Waals surface area contributed by atoms with Crippen molar-refractivity contribution in [3.05, 3.63) is 58.1 Å². The number of aryl methyl sites for hydroxylation is 2.